The van der Waals surface area contributed by atoms with Crippen molar-refractivity contribution in [3.63, 3.8) is 0 Å². The number of piperazine rings is 1. The molecule has 0 N–H and O–H groups in total. The molecule has 2 saturated heterocycles. The van der Waals surface area contributed by atoms with E-state index < -0.39 is 0 Å². The summed E-state index contributed by atoms with van der Waals surface area (Å²) < 4.78 is 8.37. The summed E-state index contributed by atoms with van der Waals surface area (Å²) in [6.45, 7) is 9.72. The Kier molecular flexibility index (Phi) is 8.94. The van der Waals surface area contributed by atoms with Crippen molar-refractivity contribution in [2.24, 2.45) is 5.92 Å². The first kappa shape index (κ1) is 27.3. The third-order valence-corrected chi connectivity index (χ3v) is 8.22. The Labute approximate surface area is 232 Å². The minimum Gasteiger partial charge on any atom is -0.374 e. The molecular weight excluding hydrogens is 488 g/mol. The van der Waals surface area contributed by atoms with Crippen LogP contribution < -0.4 is 4.90 Å². The standard InChI is InChI=1S/C31H42N6O2/c1-24(20-29-14-15-30(39-29)25(2)31(38)34(3)21-26-10-6-4-7-11-26)37-23-27(32-33-37)22-35-16-18-36(19-17-35)28-12-8-5-9-13-28/h4-13,23-25,29-30H,14-22H2,1-3H3/t24?,25-,29+,30-/m1/s1. The van der Waals surface area contributed by atoms with E-state index >= 15 is 0 Å². The van der Waals surface area contributed by atoms with Gasteiger partial charge in [-0.3, -0.25) is 9.69 Å². The average molecular weight is 531 g/mol. The Bertz CT molecular complexity index is 1180. The van der Waals surface area contributed by atoms with Crippen LogP contribution in [0.5, 0.6) is 0 Å². The van der Waals surface area contributed by atoms with Gasteiger partial charge in [-0.25, -0.2) is 4.68 Å². The summed E-state index contributed by atoms with van der Waals surface area (Å²) in [7, 11) is 1.88. The van der Waals surface area contributed by atoms with E-state index in [-0.39, 0.29) is 30.1 Å². The number of benzene rings is 2. The molecule has 3 heterocycles. The van der Waals surface area contributed by atoms with Gasteiger partial charge in [0.05, 0.1) is 36.1 Å². The van der Waals surface area contributed by atoms with Gasteiger partial charge in [-0.2, -0.15) is 0 Å². The summed E-state index contributed by atoms with van der Waals surface area (Å²) in [6.07, 6.45) is 4.96. The summed E-state index contributed by atoms with van der Waals surface area (Å²) in [5.41, 5.74) is 3.45. The smallest absolute Gasteiger partial charge is 0.228 e. The molecule has 1 unspecified atom stereocenters. The first-order chi connectivity index (χ1) is 19.0. The number of para-hydroxylation sites is 1. The van der Waals surface area contributed by atoms with Crippen LogP contribution in [0.2, 0.25) is 0 Å². The van der Waals surface area contributed by atoms with E-state index in [4.69, 9.17) is 4.74 Å². The highest BCUT2D eigenvalue weighted by atomic mass is 16.5. The number of amides is 1. The third kappa shape index (κ3) is 7.05. The van der Waals surface area contributed by atoms with Crippen molar-refractivity contribution in [3.05, 3.63) is 78.1 Å². The van der Waals surface area contributed by atoms with Gasteiger partial charge in [0.25, 0.3) is 0 Å². The molecule has 5 rings (SSSR count). The fourth-order valence-electron chi connectivity index (χ4n) is 5.84. The molecule has 1 amide bonds. The van der Waals surface area contributed by atoms with E-state index in [0.717, 1.165) is 63.2 Å². The summed E-state index contributed by atoms with van der Waals surface area (Å²) in [4.78, 5) is 19.8. The van der Waals surface area contributed by atoms with Gasteiger partial charge in [-0.1, -0.05) is 60.7 Å². The second kappa shape index (κ2) is 12.7. The Morgan fingerprint density at radius 2 is 1.69 bits per heavy atom. The van der Waals surface area contributed by atoms with Gasteiger partial charge >= 0.3 is 0 Å². The molecule has 8 nitrogen and oxygen atoms in total. The maximum Gasteiger partial charge on any atom is 0.228 e. The van der Waals surface area contributed by atoms with Crippen molar-refractivity contribution in [1.82, 2.24) is 24.8 Å². The lowest BCUT2D eigenvalue weighted by atomic mass is 9.99. The van der Waals surface area contributed by atoms with Crippen LogP contribution in [0.1, 0.15) is 50.4 Å². The molecule has 0 aliphatic carbocycles. The van der Waals surface area contributed by atoms with Crippen molar-refractivity contribution < 1.29 is 9.53 Å². The zero-order valence-electron chi connectivity index (χ0n) is 23.5. The number of carbonyl (C=O) groups excluding carboxylic acids is 1. The molecule has 1 aromatic heterocycles. The van der Waals surface area contributed by atoms with Crippen LogP contribution in [0.15, 0.2) is 66.9 Å². The van der Waals surface area contributed by atoms with E-state index in [1.165, 1.54) is 5.69 Å². The lowest BCUT2D eigenvalue weighted by Gasteiger charge is -2.35. The number of carbonyl (C=O) groups is 1. The zero-order chi connectivity index (χ0) is 27.2. The van der Waals surface area contributed by atoms with Crippen LogP contribution in [0.4, 0.5) is 5.69 Å². The van der Waals surface area contributed by atoms with Crippen LogP contribution in [0.3, 0.4) is 0 Å². The fourth-order valence-corrected chi connectivity index (χ4v) is 5.84. The van der Waals surface area contributed by atoms with E-state index in [0.29, 0.717) is 6.54 Å². The lowest BCUT2D eigenvalue weighted by molar-refractivity contribution is -0.139. The zero-order valence-corrected chi connectivity index (χ0v) is 23.5. The number of aromatic nitrogens is 3. The maximum absolute atomic E-state index is 13.1. The second-order valence-electron chi connectivity index (χ2n) is 11.2. The summed E-state index contributed by atoms with van der Waals surface area (Å²) >= 11 is 0. The molecule has 8 heteroatoms. The molecular formula is C31H42N6O2. The number of nitrogens with zero attached hydrogens (tertiary/aromatic N) is 6. The van der Waals surface area contributed by atoms with Crippen LogP contribution >= 0.6 is 0 Å². The Hall–Kier alpha value is -3.23. The van der Waals surface area contributed by atoms with Crippen molar-refractivity contribution in [2.45, 2.75) is 64.4 Å². The highest BCUT2D eigenvalue weighted by Gasteiger charge is 2.35. The normalized spacial score (nSPS) is 21.6. The number of hydrogen-bond donors (Lipinski definition) is 0. The molecule has 2 aliphatic heterocycles. The molecule has 2 fully saturated rings. The number of hydrogen-bond acceptors (Lipinski definition) is 6. The van der Waals surface area contributed by atoms with Crippen molar-refractivity contribution in [1.29, 1.82) is 0 Å². The largest absolute Gasteiger partial charge is 0.374 e. The lowest BCUT2D eigenvalue weighted by Crippen LogP contribution is -2.46. The van der Waals surface area contributed by atoms with Crippen molar-refractivity contribution in [3.8, 4) is 0 Å². The molecule has 2 aromatic carbocycles. The molecule has 0 spiro atoms. The topological polar surface area (TPSA) is 66.7 Å². The molecule has 0 radical (unpaired) electrons. The summed E-state index contributed by atoms with van der Waals surface area (Å²) in [5.74, 6) is -0.0116. The van der Waals surface area contributed by atoms with Gasteiger partial charge in [0.15, 0.2) is 0 Å². The van der Waals surface area contributed by atoms with Gasteiger partial charge in [0, 0.05) is 52.0 Å². The van der Waals surface area contributed by atoms with E-state index in [9.17, 15) is 4.79 Å². The Morgan fingerprint density at radius 3 is 2.41 bits per heavy atom. The molecule has 39 heavy (non-hydrogen) atoms. The fraction of sp³-hybridized carbons (Fsp3) is 0.516. The minimum atomic E-state index is -0.153. The van der Waals surface area contributed by atoms with E-state index in [1.807, 2.05) is 41.8 Å². The summed E-state index contributed by atoms with van der Waals surface area (Å²) in [5, 5.41) is 8.91. The number of rotatable bonds is 10. The molecule has 0 saturated carbocycles. The quantitative estimate of drug-likeness (QED) is 0.387. The molecule has 2 aliphatic rings. The number of anilines is 1. The SMILES string of the molecule is CC(C[C@@H]1CC[C@H]([C@@H](C)C(=O)N(C)Cc2ccccc2)O1)n1cc(CN2CCN(c3ccccc3)CC2)nn1. The first-order valence-electron chi connectivity index (χ1n) is 14.3. The average Bonchev–Trinajstić information content (AvgIpc) is 3.64. The van der Waals surface area contributed by atoms with E-state index in [1.54, 1.807) is 0 Å². The molecule has 208 valence electrons. The first-order valence-corrected chi connectivity index (χ1v) is 14.3. The van der Waals surface area contributed by atoms with Gasteiger partial charge in [-0.05, 0) is 43.9 Å². The van der Waals surface area contributed by atoms with Gasteiger partial charge < -0.3 is 14.5 Å². The number of ether oxygens (including phenoxy) is 1. The molecule has 4 atom stereocenters. The van der Waals surface area contributed by atoms with Crippen LogP contribution in [-0.2, 0) is 22.6 Å². The Morgan fingerprint density at radius 1 is 1.00 bits per heavy atom. The highest BCUT2D eigenvalue weighted by molar-refractivity contribution is 5.78. The van der Waals surface area contributed by atoms with E-state index in [2.05, 4.69) is 75.7 Å². The third-order valence-electron chi connectivity index (χ3n) is 8.22. The Balaban J connectivity index is 1.06. The maximum atomic E-state index is 13.1. The summed E-state index contributed by atoms with van der Waals surface area (Å²) in [6, 6.07) is 20.9. The highest BCUT2D eigenvalue weighted by Crippen LogP contribution is 2.31. The van der Waals surface area contributed by atoms with Crippen molar-refractivity contribution >= 4 is 11.6 Å². The molecule has 3 aromatic rings. The molecule has 0 bridgehead atoms. The van der Waals surface area contributed by atoms with Crippen molar-refractivity contribution in [2.75, 3.05) is 38.1 Å². The van der Waals surface area contributed by atoms with Gasteiger partial charge in [0.1, 0.15) is 0 Å². The van der Waals surface area contributed by atoms with Gasteiger partial charge in [0.2, 0.25) is 5.91 Å². The predicted octanol–water partition coefficient (Wildman–Crippen LogP) is 4.39. The van der Waals surface area contributed by atoms with Gasteiger partial charge in [-0.15, -0.1) is 5.10 Å². The van der Waals surface area contributed by atoms with Crippen LogP contribution in [0, 0.1) is 5.92 Å². The van der Waals surface area contributed by atoms with Crippen LogP contribution in [0.25, 0.3) is 0 Å². The monoisotopic (exact) mass is 530 g/mol. The second-order valence-corrected chi connectivity index (χ2v) is 11.2. The van der Waals surface area contributed by atoms with Crippen LogP contribution in [-0.4, -0.2) is 76.1 Å². The predicted molar refractivity (Wildman–Crippen MR) is 153 cm³/mol. The minimum absolute atomic E-state index is 0.0335.